The second-order valence-electron chi connectivity index (χ2n) is 5.98. The molecule has 0 radical (unpaired) electrons. The first-order chi connectivity index (χ1) is 9.85. The van der Waals surface area contributed by atoms with Crippen LogP contribution in [0.3, 0.4) is 0 Å². The van der Waals surface area contributed by atoms with Gasteiger partial charge in [-0.15, -0.1) is 13.2 Å². The average Bonchev–Trinajstić information content (AvgIpc) is 2.82. The van der Waals surface area contributed by atoms with Gasteiger partial charge >= 0.3 is 6.36 Å². The van der Waals surface area contributed by atoms with Gasteiger partial charge in [0.2, 0.25) is 0 Å². The molecule has 2 atom stereocenters. The Balaban J connectivity index is 2.07. The Morgan fingerprint density at radius 2 is 2.05 bits per heavy atom. The molecule has 118 valence electrons. The van der Waals surface area contributed by atoms with Gasteiger partial charge in [0, 0.05) is 6.04 Å². The Labute approximate surface area is 123 Å². The highest BCUT2D eigenvalue weighted by Gasteiger charge is 2.32. The molecule has 0 aromatic heterocycles. The molecule has 1 aliphatic carbocycles. The van der Waals surface area contributed by atoms with Crippen molar-refractivity contribution in [3.05, 3.63) is 29.8 Å². The van der Waals surface area contributed by atoms with Crippen LogP contribution in [0.5, 0.6) is 5.75 Å². The molecule has 5 heteroatoms. The molecule has 2 nitrogen and oxygen atoms in total. The number of halogens is 3. The number of ether oxygens (including phenoxy) is 1. The van der Waals surface area contributed by atoms with Gasteiger partial charge in [0.1, 0.15) is 5.75 Å². The number of hydrogen-bond acceptors (Lipinski definition) is 2. The molecule has 21 heavy (non-hydrogen) atoms. The van der Waals surface area contributed by atoms with E-state index in [1.165, 1.54) is 12.1 Å². The Hall–Kier alpha value is -1.23. The van der Waals surface area contributed by atoms with E-state index in [2.05, 4.69) is 23.9 Å². The normalized spacial score (nSPS) is 22.8. The van der Waals surface area contributed by atoms with Crippen LogP contribution >= 0.6 is 0 Å². The predicted molar refractivity (Wildman–Crippen MR) is 76.3 cm³/mol. The zero-order valence-corrected chi connectivity index (χ0v) is 12.4. The lowest BCUT2D eigenvalue weighted by Gasteiger charge is -2.22. The summed E-state index contributed by atoms with van der Waals surface area (Å²) in [5.74, 6) is 0.670. The molecule has 2 rings (SSSR count). The fourth-order valence-electron chi connectivity index (χ4n) is 3.05. The molecule has 1 saturated carbocycles. The fraction of sp³-hybridized carbons (Fsp3) is 0.625. The molecular weight excluding hydrogens is 279 g/mol. The summed E-state index contributed by atoms with van der Waals surface area (Å²) >= 11 is 0. The highest BCUT2D eigenvalue weighted by Crippen LogP contribution is 2.40. The van der Waals surface area contributed by atoms with Crippen LogP contribution in [0.15, 0.2) is 24.3 Å². The van der Waals surface area contributed by atoms with Gasteiger partial charge in [-0.25, -0.2) is 0 Å². The number of rotatable bonds is 5. The maximum Gasteiger partial charge on any atom is 0.573 e. The highest BCUT2D eigenvalue weighted by atomic mass is 19.4. The molecule has 0 saturated heterocycles. The second kappa shape index (κ2) is 6.69. The molecule has 1 N–H and O–H groups in total. The largest absolute Gasteiger partial charge is 0.573 e. The average molecular weight is 301 g/mol. The summed E-state index contributed by atoms with van der Waals surface area (Å²) in [5.41, 5.74) is 0.949. The first-order valence-electron chi connectivity index (χ1n) is 7.44. The van der Waals surface area contributed by atoms with E-state index in [0.29, 0.717) is 17.9 Å². The van der Waals surface area contributed by atoms with Gasteiger partial charge in [-0.3, -0.25) is 0 Å². The van der Waals surface area contributed by atoms with E-state index in [1.807, 2.05) is 6.07 Å². The molecule has 1 aromatic carbocycles. The van der Waals surface area contributed by atoms with Crippen LogP contribution < -0.4 is 10.1 Å². The van der Waals surface area contributed by atoms with Crippen LogP contribution in [0.2, 0.25) is 0 Å². The van der Waals surface area contributed by atoms with E-state index in [4.69, 9.17) is 0 Å². The topological polar surface area (TPSA) is 21.3 Å². The summed E-state index contributed by atoms with van der Waals surface area (Å²) in [7, 11) is 0. The third-order valence-corrected chi connectivity index (χ3v) is 3.97. The molecular formula is C16H22F3NO. The fourth-order valence-corrected chi connectivity index (χ4v) is 3.05. The lowest BCUT2D eigenvalue weighted by atomic mass is 9.88. The van der Waals surface area contributed by atoms with Crippen LogP contribution in [0.1, 0.15) is 44.6 Å². The first-order valence-corrected chi connectivity index (χ1v) is 7.44. The number of alkyl halides is 3. The van der Waals surface area contributed by atoms with Crippen molar-refractivity contribution in [1.82, 2.24) is 5.32 Å². The minimum absolute atomic E-state index is 0.123. The van der Waals surface area contributed by atoms with Crippen molar-refractivity contribution in [1.29, 1.82) is 0 Å². The number of hydrogen-bond donors (Lipinski definition) is 1. The van der Waals surface area contributed by atoms with Crippen molar-refractivity contribution >= 4 is 0 Å². The maximum atomic E-state index is 12.3. The van der Waals surface area contributed by atoms with E-state index < -0.39 is 6.36 Å². The SMILES string of the molecule is CC(C)NCC1CCCC1c1cccc(OC(F)(F)F)c1. The van der Waals surface area contributed by atoms with Gasteiger partial charge in [-0.1, -0.05) is 32.4 Å². The summed E-state index contributed by atoms with van der Waals surface area (Å²) in [6.07, 6.45) is -1.36. The van der Waals surface area contributed by atoms with E-state index in [1.54, 1.807) is 6.07 Å². The smallest absolute Gasteiger partial charge is 0.406 e. The van der Waals surface area contributed by atoms with Crippen molar-refractivity contribution in [2.75, 3.05) is 6.54 Å². The van der Waals surface area contributed by atoms with Crippen molar-refractivity contribution in [3.63, 3.8) is 0 Å². The molecule has 1 aliphatic rings. The minimum Gasteiger partial charge on any atom is -0.406 e. The predicted octanol–water partition coefficient (Wildman–Crippen LogP) is 4.47. The Bertz CT molecular complexity index is 459. The van der Waals surface area contributed by atoms with Crippen LogP contribution in [-0.2, 0) is 0 Å². The molecule has 1 aromatic rings. The zero-order chi connectivity index (χ0) is 15.5. The van der Waals surface area contributed by atoms with Crippen molar-refractivity contribution in [2.24, 2.45) is 5.92 Å². The van der Waals surface area contributed by atoms with Gasteiger partial charge in [0.25, 0.3) is 0 Å². The molecule has 0 spiro atoms. The van der Waals surface area contributed by atoms with E-state index in [0.717, 1.165) is 31.4 Å². The monoisotopic (exact) mass is 301 g/mol. The maximum absolute atomic E-state index is 12.3. The standard InChI is InChI=1S/C16H22F3NO/c1-11(2)20-10-13-6-4-8-15(13)12-5-3-7-14(9-12)21-16(17,18)19/h3,5,7,9,11,13,15,20H,4,6,8,10H2,1-2H3. The number of nitrogens with one attached hydrogen (secondary N) is 1. The van der Waals surface area contributed by atoms with Crippen molar-refractivity contribution < 1.29 is 17.9 Å². The van der Waals surface area contributed by atoms with E-state index >= 15 is 0 Å². The van der Waals surface area contributed by atoms with Gasteiger partial charge in [-0.05, 0) is 48.9 Å². The Kier molecular flexibility index (Phi) is 5.14. The van der Waals surface area contributed by atoms with E-state index in [-0.39, 0.29) is 5.75 Å². The lowest BCUT2D eigenvalue weighted by Crippen LogP contribution is -2.30. The van der Waals surface area contributed by atoms with Gasteiger partial charge in [0.15, 0.2) is 0 Å². The summed E-state index contributed by atoms with van der Waals surface area (Å²) < 4.78 is 40.9. The van der Waals surface area contributed by atoms with Crippen molar-refractivity contribution in [2.45, 2.75) is 51.4 Å². The Morgan fingerprint density at radius 1 is 1.29 bits per heavy atom. The quantitative estimate of drug-likeness (QED) is 0.866. The summed E-state index contributed by atoms with van der Waals surface area (Å²) in [6, 6.07) is 6.86. The third kappa shape index (κ3) is 4.92. The van der Waals surface area contributed by atoms with Crippen LogP contribution in [0.4, 0.5) is 13.2 Å². The minimum atomic E-state index is -4.63. The first kappa shape index (κ1) is 16.1. The molecule has 2 unspecified atom stereocenters. The third-order valence-electron chi connectivity index (χ3n) is 3.97. The van der Waals surface area contributed by atoms with Crippen LogP contribution in [0, 0.1) is 5.92 Å². The highest BCUT2D eigenvalue weighted by molar-refractivity contribution is 5.32. The summed E-state index contributed by atoms with van der Waals surface area (Å²) in [4.78, 5) is 0. The zero-order valence-electron chi connectivity index (χ0n) is 12.4. The molecule has 0 bridgehead atoms. The Morgan fingerprint density at radius 3 is 2.71 bits per heavy atom. The molecule has 1 fully saturated rings. The summed E-state index contributed by atoms with van der Waals surface area (Å²) in [6.45, 7) is 5.11. The lowest BCUT2D eigenvalue weighted by molar-refractivity contribution is -0.274. The van der Waals surface area contributed by atoms with Crippen LogP contribution in [0.25, 0.3) is 0 Å². The molecule has 0 heterocycles. The van der Waals surface area contributed by atoms with Gasteiger partial charge < -0.3 is 10.1 Å². The second-order valence-corrected chi connectivity index (χ2v) is 5.98. The molecule has 0 amide bonds. The van der Waals surface area contributed by atoms with Gasteiger partial charge in [-0.2, -0.15) is 0 Å². The van der Waals surface area contributed by atoms with Crippen molar-refractivity contribution in [3.8, 4) is 5.75 Å². The molecule has 0 aliphatic heterocycles. The van der Waals surface area contributed by atoms with E-state index in [9.17, 15) is 13.2 Å². The number of benzene rings is 1. The van der Waals surface area contributed by atoms with Gasteiger partial charge in [0.05, 0.1) is 0 Å². The summed E-state index contributed by atoms with van der Waals surface area (Å²) in [5, 5.41) is 3.43. The van der Waals surface area contributed by atoms with Crippen LogP contribution in [-0.4, -0.2) is 18.9 Å².